The second-order valence-electron chi connectivity index (χ2n) is 3.05. The van der Waals surface area contributed by atoms with E-state index in [1.165, 1.54) is 0 Å². The zero-order valence-corrected chi connectivity index (χ0v) is 8.33. The Morgan fingerprint density at radius 3 is 2.56 bits per heavy atom. The molecule has 0 aliphatic carbocycles. The summed E-state index contributed by atoms with van der Waals surface area (Å²) in [5.41, 5.74) is -1.54. The van der Waals surface area contributed by atoms with Gasteiger partial charge in [-0.2, -0.15) is 0 Å². The van der Waals surface area contributed by atoms with Crippen LogP contribution in [-0.2, 0) is 4.74 Å². The third kappa shape index (κ3) is 2.99. The maximum absolute atomic E-state index is 13.1. The topological polar surface area (TPSA) is 105 Å². The van der Waals surface area contributed by atoms with E-state index < -0.39 is 30.1 Å². The van der Waals surface area contributed by atoms with Gasteiger partial charge < -0.3 is 14.9 Å². The molecule has 16 heavy (non-hydrogen) atoms. The molecule has 2 atom stereocenters. The van der Waals surface area contributed by atoms with Crippen LogP contribution in [0.3, 0.4) is 0 Å². The molecule has 1 rings (SSSR count). The van der Waals surface area contributed by atoms with Crippen LogP contribution in [0.25, 0.3) is 0 Å². The standard InChI is InChI=1S/C8H11FN2O5/c1-4(9)6(16-8(14)15)11-3-2-5(12)10-7(11)13/h2-4,6,8,14-15H,1H3,(H,10,12,13)/t4?,6-/m1/s1. The van der Waals surface area contributed by atoms with E-state index >= 15 is 0 Å². The number of aromatic nitrogens is 2. The number of ether oxygens (including phenoxy) is 1. The summed E-state index contributed by atoms with van der Waals surface area (Å²) in [5, 5.41) is 17.1. The third-order valence-corrected chi connectivity index (χ3v) is 1.78. The predicted octanol–water partition coefficient (Wildman–Crippen LogP) is -1.32. The molecule has 0 saturated carbocycles. The Hall–Kier alpha value is -1.51. The number of H-pyrrole nitrogens is 1. The molecule has 0 radical (unpaired) electrons. The van der Waals surface area contributed by atoms with Crippen molar-refractivity contribution in [1.82, 2.24) is 9.55 Å². The van der Waals surface area contributed by atoms with Gasteiger partial charge in [0, 0.05) is 12.3 Å². The summed E-state index contributed by atoms with van der Waals surface area (Å²) in [6.07, 6.45) is -2.20. The van der Waals surface area contributed by atoms with Crippen LogP contribution in [0.1, 0.15) is 13.2 Å². The molecule has 90 valence electrons. The number of aliphatic hydroxyl groups is 2. The highest BCUT2D eigenvalue weighted by atomic mass is 19.1. The first kappa shape index (κ1) is 12.6. The zero-order chi connectivity index (χ0) is 12.3. The average molecular weight is 234 g/mol. The summed E-state index contributed by atoms with van der Waals surface area (Å²) in [5.74, 6) is 0. The number of aromatic amines is 1. The molecule has 1 unspecified atom stereocenters. The minimum atomic E-state index is -2.22. The number of rotatable bonds is 4. The lowest BCUT2D eigenvalue weighted by atomic mass is 10.3. The first-order valence-electron chi connectivity index (χ1n) is 4.39. The van der Waals surface area contributed by atoms with Gasteiger partial charge in [0.2, 0.25) is 0 Å². The van der Waals surface area contributed by atoms with Crippen LogP contribution in [-0.4, -0.2) is 32.4 Å². The monoisotopic (exact) mass is 234 g/mol. The molecule has 0 amide bonds. The van der Waals surface area contributed by atoms with Gasteiger partial charge in [0.05, 0.1) is 0 Å². The van der Waals surface area contributed by atoms with E-state index in [4.69, 9.17) is 10.2 Å². The molecule has 0 aliphatic heterocycles. The number of nitrogens with zero attached hydrogens (tertiary/aromatic N) is 1. The summed E-state index contributed by atoms with van der Waals surface area (Å²) < 4.78 is 18.2. The molecule has 0 fully saturated rings. The summed E-state index contributed by atoms with van der Waals surface area (Å²) in [6, 6.07) is 0.990. The van der Waals surface area contributed by atoms with Crippen molar-refractivity contribution >= 4 is 0 Å². The lowest BCUT2D eigenvalue weighted by Crippen LogP contribution is -2.37. The normalized spacial score (nSPS) is 15.1. The third-order valence-electron chi connectivity index (χ3n) is 1.78. The molecule has 3 N–H and O–H groups in total. The van der Waals surface area contributed by atoms with E-state index in [2.05, 4.69) is 4.74 Å². The highest BCUT2D eigenvalue weighted by Gasteiger charge is 2.23. The van der Waals surface area contributed by atoms with Gasteiger partial charge in [-0.3, -0.25) is 14.3 Å². The molecule has 0 saturated heterocycles. The van der Waals surface area contributed by atoms with Gasteiger partial charge in [-0.15, -0.1) is 0 Å². The first-order valence-corrected chi connectivity index (χ1v) is 4.39. The molecular formula is C8H11FN2O5. The van der Waals surface area contributed by atoms with Crippen molar-refractivity contribution < 1.29 is 19.3 Å². The zero-order valence-electron chi connectivity index (χ0n) is 8.33. The van der Waals surface area contributed by atoms with Crippen molar-refractivity contribution in [2.75, 3.05) is 0 Å². The van der Waals surface area contributed by atoms with E-state index in [0.29, 0.717) is 4.57 Å². The van der Waals surface area contributed by atoms with E-state index in [1.807, 2.05) is 4.98 Å². The Balaban J connectivity index is 3.11. The van der Waals surface area contributed by atoms with Crippen molar-refractivity contribution in [2.24, 2.45) is 0 Å². The number of halogens is 1. The average Bonchev–Trinajstić information content (AvgIpc) is 2.14. The summed E-state index contributed by atoms with van der Waals surface area (Å²) in [6.45, 7) is -1.15. The van der Waals surface area contributed by atoms with Gasteiger partial charge in [-0.25, -0.2) is 9.18 Å². The van der Waals surface area contributed by atoms with Gasteiger partial charge in [-0.05, 0) is 6.92 Å². The van der Waals surface area contributed by atoms with E-state index in [9.17, 15) is 14.0 Å². The van der Waals surface area contributed by atoms with E-state index in [1.54, 1.807) is 0 Å². The molecular weight excluding hydrogens is 223 g/mol. The molecule has 8 heteroatoms. The highest BCUT2D eigenvalue weighted by Crippen LogP contribution is 2.14. The second-order valence-corrected chi connectivity index (χ2v) is 3.05. The maximum atomic E-state index is 13.1. The molecule has 7 nitrogen and oxygen atoms in total. The van der Waals surface area contributed by atoms with Crippen molar-refractivity contribution in [3.05, 3.63) is 33.1 Å². The lowest BCUT2D eigenvalue weighted by molar-refractivity contribution is -0.281. The number of alkyl halides is 1. The number of aliphatic hydroxyl groups excluding tert-OH is 1. The largest absolute Gasteiger partial charge is 0.346 e. The Morgan fingerprint density at radius 2 is 2.12 bits per heavy atom. The van der Waals surface area contributed by atoms with Crippen molar-refractivity contribution in [2.45, 2.75) is 25.8 Å². The van der Waals surface area contributed by atoms with Crippen LogP contribution < -0.4 is 11.2 Å². The SMILES string of the molecule is CC(F)[C@@H](OC(O)O)n1ccc(=O)[nH]c1=O. The second kappa shape index (κ2) is 5.01. The quantitative estimate of drug-likeness (QED) is 0.560. The lowest BCUT2D eigenvalue weighted by Gasteiger charge is -2.21. The van der Waals surface area contributed by atoms with E-state index in [-0.39, 0.29) is 0 Å². The van der Waals surface area contributed by atoms with Crippen molar-refractivity contribution in [1.29, 1.82) is 0 Å². The molecule has 0 spiro atoms. The Bertz CT molecular complexity index is 452. The van der Waals surface area contributed by atoms with Crippen LogP contribution in [0, 0.1) is 0 Å². The van der Waals surface area contributed by atoms with Gasteiger partial charge in [0.15, 0.2) is 6.23 Å². The van der Waals surface area contributed by atoms with E-state index in [0.717, 1.165) is 19.2 Å². The fourth-order valence-electron chi connectivity index (χ4n) is 1.15. The molecule has 0 aromatic carbocycles. The van der Waals surface area contributed by atoms with Gasteiger partial charge in [0.1, 0.15) is 6.17 Å². The summed E-state index contributed by atoms with van der Waals surface area (Å²) in [7, 11) is 0. The fraction of sp³-hybridized carbons (Fsp3) is 0.500. The van der Waals surface area contributed by atoms with Crippen LogP contribution in [0.15, 0.2) is 21.9 Å². The number of hydrogen-bond donors (Lipinski definition) is 3. The smallest absolute Gasteiger partial charge is 0.330 e. The van der Waals surface area contributed by atoms with Gasteiger partial charge in [0.25, 0.3) is 12.0 Å². The highest BCUT2D eigenvalue weighted by molar-refractivity contribution is 4.85. The van der Waals surface area contributed by atoms with Crippen molar-refractivity contribution in [3.8, 4) is 0 Å². The first-order chi connectivity index (χ1) is 7.41. The van der Waals surface area contributed by atoms with Crippen LogP contribution in [0.5, 0.6) is 0 Å². The maximum Gasteiger partial charge on any atom is 0.330 e. The van der Waals surface area contributed by atoms with Crippen LogP contribution >= 0.6 is 0 Å². The number of hydrogen-bond acceptors (Lipinski definition) is 5. The molecule has 1 aromatic heterocycles. The molecule has 1 heterocycles. The molecule has 0 aliphatic rings. The molecule has 0 bridgehead atoms. The predicted molar refractivity (Wildman–Crippen MR) is 50.2 cm³/mol. The fourth-order valence-corrected chi connectivity index (χ4v) is 1.15. The Labute approximate surface area is 88.7 Å². The van der Waals surface area contributed by atoms with Crippen molar-refractivity contribution in [3.63, 3.8) is 0 Å². The molecule has 1 aromatic rings. The minimum absolute atomic E-state index is 0.643. The summed E-state index contributed by atoms with van der Waals surface area (Å²) >= 11 is 0. The Kier molecular flexibility index (Phi) is 3.93. The minimum Gasteiger partial charge on any atom is -0.346 e. The Morgan fingerprint density at radius 1 is 1.50 bits per heavy atom. The van der Waals surface area contributed by atoms with Gasteiger partial charge >= 0.3 is 5.69 Å². The van der Waals surface area contributed by atoms with Crippen LogP contribution in [0.2, 0.25) is 0 Å². The summed E-state index contributed by atoms with van der Waals surface area (Å²) in [4.78, 5) is 23.9. The van der Waals surface area contributed by atoms with Crippen LogP contribution in [0.4, 0.5) is 4.39 Å². The van der Waals surface area contributed by atoms with Gasteiger partial charge in [-0.1, -0.05) is 0 Å². The number of nitrogens with one attached hydrogen (secondary N) is 1.